The van der Waals surface area contributed by atoms with Gasteiger partial charge in [-0.15, -0.1) is 0 Å². The molecule has 0 saturated heterocycles. The van der Waals surface area contributed by atoms with Gasteiger partial charge in [0, 0.05) is 11.6 Å². The van der Waals surface area contributed by atoms with Gasteiger partial charge in [0.1, 0.15) is 12.2 Å². The molecule has 2 fully saturated rings. The molecule has 3 rings (SSSR count). The lowest BCUT2D eigenvalue weighted by Crippen LogP contribution is -2.39. The van der Waals surface area contributed by atoms with Gasteiger partial charge in [-0.3, -0.25) is 4.98 Å². The maximum Gasteiger partial charge on any atom is 0.155 e. The minimum Gasteiger partial charge on any atom is -0.487 e. The summed E-state index contributed by atoms with van der Waals surface area (Å²) in [4.78, 5) is 4.08. The van der Waals surface area contributed by atoms with Gasteiger partial charge in [-0.05, 0) is 36.7 Å². The zero-order valence-electron chi connectivity index (χ0n) is 11.8. The van der Waals surface area contributed by atoms with Crippen LogP contribution in [0.5, 0.6) is 5.75 Å². The summed E-state index contributed by atoms with van der Waals surface area (Å²) in [6.45, 7) is 7.07. The molecule has 3 unspecified atom stereocenters. The third-order valence-corrected chi connectivity index (χ3v) is 5.89. The molecule has 3 nitrogen and oxygen atoms in total. The first-order valence-corrected chi connectivity index (χ1v) is 7.00. The van der Waals surface area contributed by atoms with Crippen LogP contribution in [0.4, 0.5) is 0 Å². The fourth-order valence-corrected chi connectivity index (χ4v) is 4.03. The summed E-state index contributed by atoms with van der Waals surface area (Å²) in [5.41, 5.74) is 1.12. The maximum absolute atomic E-state index is 9.13. The number of nitrogens with zero attached hydrogens (tertiary/aromatic N) is 2. The molecule has 0 amide bonds. The fourth-order valence-electron chi connectivity index (χ4n) is 4.03. The highest BCUT2D eigenvalue weighted by Gasteiger charge is 2.62. The summed E-state index contributed by atoms with van der Waals surface area (Å²) in [5.74, 6) is 1.38. The topological polar surface area (TPSA) is 45.9 Å². The summed E-state index contributed by atoms with van der Waals surface area (Å²) in [6, 6.07) is 3.90. The summed E-state index contributed by atoms with van der Waals surface area (Å²) in [5, 5.41) is 9.13. The van der Waals surface area contributed by atoms with Crippen LogP contribution in [0, 0.1) is 28.1 Å². The van der Waals surface area contributed by atoms with E-state index in [0.717, 1.165) is 12.3 Å². The van der Waals surface area contributed by atoms with Crippen LogP contribution in [0.3, 0.4) is 0 Å². The number of rotatable bonds is 2. The molecule has 0 spiro atoms. The smallest absolute Gasteiger partial charge is 0.155 e. The second kappa shape index (κ2) is 3.96. The molecule has 0 aromatic carbocycles. The van der Waals surface area contributed by atoms with E-state index < -0.39 is 0 Å². The molecule has 3 atom stereocenters. The first-order chi connectivity index (χ1) is 8.99. The predicted octanol–water partition coefficient (Wildman–Crippen LogP) is 3.55. The van der Waals surface area contributed by atoms with Gasteiger partial charge in [0.05, 0.1) is 11.8 Å². The summed E-state index contributed by atoms with van der Waals surface area (Å²) >= 11 is 0. The average Bonchev–Trinajstić information content (AvgIpc) is 2.72. The molecule has 2 bridgehead atoms. The molecule has 0 radical (unpaired) electrons. The van der Waals surface area contributed by atoms with E-state index in [0.29, 0.717) is 16.7 Å². The van der Waals surface area contributed by atoms with Crippen molar-refractivity contribution in [1.82, 2.24) is 4.98 Å². The van der Waals surface area contributed by atoms with E-state index >= 15 is 0 Å². The Morgan fingerprint density at radius 3 is 2.79 bits per heavy atom. The third kappa shape index (κ3) is 1.59. The molecule has 3 heteroatoms. The molecule has 0 N–H and O–H groups in total. The zero-order chi connectivity index (χ0) is 13.7. The largest absolute Gasteiger partial charge is 0.487 e. The van der Waals surface area contributed by atoms with E-state index in [1.54, 1.807) is 18.5 Å². The van der Waals surface area contributed by atoms with Gasteiger partial charge in [-0.1, -0.05) is 20.8 Å². The Bertz CT molecular complexity index is 546. The predicted molar refractivity (Wildman–Crippen MR) is 72.6 cm³/mol. The van der Waals surface area contributed by atoms with Crippen molar-refractivity contribution in [2.24, 2.45) is 16.7 Å². The van der Waals surface area contributed by atoms with Crippen molar-refractivity contribution in [3.8, 4) is 11.8 Å². The van der Waals surface area contributed by atoms with Crippen LogP contribution in [-0.2, 0) is 0 Å². The first-order valence-electron chi connectivity index (χ1n) is 7.00. The average molecular weight is 256 g/mol. The van der Waals surface area contributed by atoms with Crippen molar-refractivity contribution >= 4 is 0 Å². The molecule has 100 valence electrons. The summed E-state index contributed by atoms with van der Waals surface area (Å²) < 4.78 is 6.18. The zero-order valence-corrected chi connectivity index (χ0v) is 11.8. The van der Waals surface area contributed by atoms with Crippen molar-refractivity contribution in [3.05, 3.63) is 24.0 Å². The highest BCUT2D eigenvalue weighted by molar-refractivity contribution is 5.40. The molecular formula is C16H20N2O. The van der Waals surface area contributed by atoms with Crippen LogP contribution in [0.1, 0.15) is 45.6 Å². The van der Waals surface area contributed by atoms with Gasteiger partial charge in [-0.2, -0.15) is 5.26 Å². The second-order valence-corrected chi connectivity index (χ2v) is 6.70. The van der Waals surface area contributed by atoms with Gasteiger partial charge in [0.2, 0.25) is 0 Å². The Morgan fingerprint density at radius 2 is 2.21 bits per heavy atom. The number of pyridine rings is 1. The quantitative estimate of drug-likeness (QED) is 0.813. The van der Waals surface area contributed by atoms with Crippen LogP contribution in [0.2, 0.25) is 0 Å². The number of hydrogen-bond donors (Lipinski definition) is 0. The standard InChI is InChI=1S/C16H20N2O/c1-15(2)12-4-6-16(15,3)14(8-12)19-13-10-18-7-5-11(13)9-17/h5,7,10,12,14H,4,6,8H2,1-3H3. The Hall–Kier alpha value is -1.56. The fraction of sp³-hybridized carbons (Fsp3) is 0.625. The van der Waals surface area contributed by atoms with Crippen LogP contribution in [0.15, 0.2) is 18.5 Å². The Balaban J connectivity index is 1.89. The van der Waals surface area contributed by atoms with Crippen molar-refractivity contribution in [2.45, 2.75) is 46.1 Å². The van der Waals surface area contributed by atoms with Gasteiger partial charge < -0.3 is 4.74 Å². The first kappa shape index (κ1) is 12.5. The van der Waals surface area contributed by atoms with Crippen molar-refractivity contribution < 1.29 is 4.74 Å². The summed E-state index contributed by atoms with van der Waals surface area (Å²) in [6.07, 6.45) is 7.14. The molecule has 2 aliphatic carbocycles. The number of fused-ring (bicyclic) bond motifs is 2. The lowest BCUT2D eigenvalue weighted by molar-refractivity contribution is 0.0298. The van der Waals surface area contributed by atoms with Gasteiger partial charge in [-0.25, -0.2) is 0 Å². The van der Waals surface area contributed by atoms with E-state index in [4.69, 9.17) is 10.00 Å². The lowest BCUT2D eigenvalue weighted by Gasteiger charge is -2.38. The second-order valence-electron chi connectivity index (χ2n) is 6.70. The lowest BCUT2D eigenvalue weighted by atomic mass is 9.70. The minimum atomic E-state index is 0.206. The van der Waals surface area contributed by atoms with Crippen LogP contribution < -0.4 is 4.74 Å². The number of aromatic nitrogens is 1. The monoisotopic (exact) mass is 256 g/mol. The van der Waals surface area contributed by atoms with Crippen LogP contribution in [0.25, 0.3) is 0 Å². The summed E-state index contributed by atoms with van der Waals surface area (Å²) in [7, 11) is 0. The van der Waals surface area contributed by atoms with Crippen LogP contribution in [-0.4, -0.2) is 11.1 Å². The van der Waals surface area contributed by atoms with Crippen molar-refractivity contribution in [1.29, 1.82) is 5.26 Å². The molecule has 1 aromatic heterocycles. The Morgan fingerprint density at radius 1 is 1.42 bits per heavy atom. The molecule has 2 aliphatic rings. The molecule has 19 heavy (non-hydrogen) atoms. The van der Waals surface area contributed by atoms with E-state index in [1.807, 2.05) is 0 Å². The molecule has 1 aromatic rings. The van der Waals surface area contributed by atoms with E-state index in [-0.39, 0.29) is 11.5 Å². The molecule has 1 heterocycles. The molecule has 0 aliphatic heterocycles. The van der Waals surface area contributed by atoms with Gasteiger partial charge >= 0.3 is 0 Å². The van der Waals surface area contributed by atoms with Gasteiger partial charge in [0.15, 0.2) is 5.75 Å². The van der Waals surface area contributed by atoms with E-state index in [9.17, 15) is 0 Å². The SMILES string of the molecule is CC1(C)C2CCC1(C)C(Oc1cnccc1C#N)C2. The Labute approximate surface area is 114 Å². The van der Waals surface area contributed by atoms with E-state index in [2.05, 4.69) is 31.8 Å². The number of hydrogen-bond acceptors (Lipinski definition) is 3. The van der Waals surface area contributed by atoms with Gasteiger partial charge in [0.25, 0.3) is 0 Å². The maximum atomic E-state index is 9.13. The third-order valence-electron chi connectivity index (χ3n) is 5.89. The molecular weight excluding hydrogens is 236 g/mol. The highest BCUT2D eigenvalue weighted by atomic mass is 16.5. The van der Waals surface area contributed by atoms with Crippen molar-refractivity contribution in [2.75, 3.05) is 0 Å². The number of nitriles is 1. The molecule has 2 saturated carbocycles. The van der Waals surface area contributed by atoms with Crippen molar-refractivity contribution in [3.63, 3.8) is 0 Å². The highest BCUT2D eigenvalue weighted by Crippen LogP contribution is 2.66. The normalized spacial score (nSPS) is 35.1. The van der Waals surface area contributed by atoms with E-state index in [1.165, 1.54) is 12.8 Å². The van der Waals surface area contributed by atoms with Crippen LogP contribution >= 0.6 is 0 Å². The number of ether oxygens (including phenoxy) is 1. The Kier molecular flexibility index (Phi) is 2.60. The minimum absolute atomic E-state index is 0.206.